The molecule has 1 amide bonds. The van der Waals surface area contributed by atoms with Crippen LogP contribution in [0.3, 0.4) is 0 Å². The molecule has 0 aromatic heterocycles. The largest absolute Gasteiger partial charge is 0.497 e. The van der Waals surface area contributed by atoms with Crippen molar-refractivity contribution >= 4 is 5.91 Å². The molecule has 5 heteroatoms. The normalized spacial score (nSPS) is 17.9. The first kappa shape index (κ1) is 14.8. The number of carbonyl (C=O) groups is 1. The number of amides is 1. The summed E-state index contributed by atoms with van der Waals surface area (Å²) in [5.74, 6) is 0.711. The van der Waals surface area contributed by atoms with Gasteiger partial charge in [0.1, 0.15) is 12.4 Å². The van der Waals surface area contributed by atoms with E-state index in [-0.39, 0.29) is 24.2 Å². The van der Waals surface area contributed by atoms with E-state index in [2.05, 4.69) is 10.6 Å². The van der Waals surface area contributed by atoms with E-state index < -0.39 is 0 Å². The zero-order valence-electron chi connectivity index (χ0n) is 12.2. The lowest BCUT2D eigenvalue weighted by atomic mass is 10.0. The minimum Gasteiger partial charge on any atom is -0.497 e. The van der Waals surface area contributed by atoms with E-state index >= 15 is 0 Å². The zero-order chi connectivity index (χ0) is 14.6. The average molecular weight is 278 g/mol. The first-order valence-electron chi connectivity index (χ1n) is 6.80. The van der Waals surface area contributed by atoms with Crippen LogP contribution in [0.15, 0.2) is 24.3 Å². The van der Waals surface area contributed by atoms with E-state index in [9.17, 15) is 4.79 Å². The van der Waals surface area contributed by atoms with Crippen LogP contribution in [-0.4, -0.2) is 38.3 Å². The van der Waals surface area contributed by atoms with E-state index in [1.807, 2.05) is 38.1 Å². The van der Waals surface area contributed by atoms with Gasteiger partial charge in [0.2, 0.25) is 5.91 Å². The molecule has 0 spiro atoms. The monoisotopic (exact) mass is 278 g/mol. The summed E-state index contributed by atoms with van der Waals surface area (Å²) < 4.78 is 10.7. The molecular formula is C15H22N2O3. The summed E-state index contributed by atoms with van der Waals surface area (Å²) in [7, 11) is 1.63. The molecule has 1 unspecified atom stereocenters. The smallest absolute Gasteiger partial charge is 0.246 e. The third-order valence-electron chi connectivity index (χ3n) is 3.54. The highest BCUT2D eigenvalue weighted by atomic mass is 16.5. The topological polar surface area (TPSA) is 59.6 Å². The van der Waals surface area contributed by atoms with Crippen molar-refractivity contribution in [3.63, 3.8) is 0 Å². The number of benzene rings is 1. The summed E-state index contributed by atoms with van der Waals surface area (Å²) in [6.45, 7) is 5.65. The Hall–Kier alpha value is -1.59. The number of hydrogen-bond acceptors (Lipinski definition) is 4. The Morgan fingerprint density at radius 1 is 1.40 bits per heavy atom. The molecule has 2 N–H and O–H groups in total. The predicted octanol–water partition coefficient (Wildman–Crippen LogP) is 1.25. The highest BCUT2D eigenvalue weighted by Gasteiger charge is 2.33. The molecule has 1 fully saturated rings. The molecule has 1 heterocycles. The molecule has 1 aromatic carbocycles. The predicted molar refractivity (Wildman–Crippen MR) is 76.8 cm³/mol. The van der Waals surface area contributed by atoms with E-state index in [0.717, 1.165) is 24.4 Å². The minimum atomic E-state index is -0.194. The highest BCUT2D eigenvalue weighted by molar-refractivity contribution is 5.77. The van der Waals surface area contributed by atoms with Crippen molar-refractivity contribution in [1.29, 1.82) is 0 Å². The minimum absolute atomic E-state index is 0.0515. The van der Waals surface area contributed by atoms with Gasteiger partial charge in [-0.2, -0.15) is 0 Å². The number of nitrogens with one attached hydrogen (secondary N) is 2. The maximum absolute atomic E-state index is 11.9. The first-order valence-corrected chi connectivity index (χ1v) is 6.80. The highest BCUT2D eigenvalue weighted by Crippen LogP contribution is 2.18. The van der Waals surface area contributed by atoms with Crippen LogP contribution in [0.5, 0.6) is 5.75 Å². The third-order valence-corrected chi connectivity index (χ3v) is 3.54. The van der Waals surface area contributed by atoms with E-state index in [0.29, 0.717) is 0 Å². The Morgan fingerprint density at radius 2 is 2.05 bits per heavy atom. The molecule has 1 saturated heterocycles. The molecule has 1 aliphatic heterocycles. The molecular weight excluding hydrogens is 256 g/mol. The molecule has 0 aliphatic carbocycles. The van der Waals surface area contributed by atoms with Gasteiger partial charge < -0.3 is 20.1 Å². The van der Waals surface area contributed by atoms with Crippen molar-refractivity contribution in [2.24, 2.45) is 0 Å². The average Bonchev–Trinajstić information content (AvgIpc) is 2.43. The Balaban J connectivity index is 1.80. The summed E-state index contributed by atoms with van der Waals surface area (Å²) in [6, 6.07) is 7.61. The third kappa shape index (κ3) is 3.71. The van der Waals surface area contributed by atoms with Gasteiger partial charge in [-0.3, -0.25) is 4.79 Å². The molecule has 110 valence electrons. The summed E-state index contributed by atoms with van der Waals surface area (Å²) in [6.07, 6.45) is 0. The number of carbonyl (C=O) groups excluding carboxylic acids is 1. The summed E-state index contributed by atoms with van der Waals surface area (Å²) >= 11 is 0. The molecule has 20 heavy (non-hydrogen) atoms. The molecule has 1 aromatic rings. The molecule has 2 rings (SSSR count). The second kappa shape index (κ2) is 6.24. The molecule has 0 bridgehead atoms. The van der Waals surface area contributed by atoms with Crippen molar-refractivity contribution < 1.29 is 14.3 Å². The summed E-state index contributed by atoms with van der Waals surface area (Å²) in [5, 5.41) is 6.06. The van der Waals surface area contributed by atoms with Crippen molar-refractivity contribution in [2.75, 3.05) is 26.8 Å². The van der Waals surface area contributed by atoms with Crippen LogP contribution in [0.25, 0.3) is 0 Å². The first-order chi connectivity index (χ1) is 9.52. The molecule has 5 nitrogen and oxygen atoms in total. The fourth-order valence-corrected chi connectivity index (χ4v) is 2.08. The van der Waals surface area contributed by atoms with Crippen LogP contribution < -0.4 is 15.4 Å². The Morgan fingerprint density at radius 3 is 2.55 bits per heavy atom. The van der Waals surface area contributed by atoms with E-state index in [4.69, 9.17) is 9.47 Å². The quantitative estimate of drug-likeness (QED) is 0.822. The molecule has 1 aliphatic rings. The van der Waals surface area contributed by atoms with Crippen molar-refractivity contribution in [1.82, 2.24) is 10.6 Å². The summed E-state index contributed by atoms with van der Waals surface area (Å²) in [4.78, 5) is 11.9. The lowest BCUT2D eigenvalue weighted by Gasteiger charge is -2.38. The van der Waals surface area contributed by atoms with Crippen LogP contribution in [0.4, 0.5) is 0 Å². The summed E-state index contributed by atoms with van der Waals surface area (Å²) in [5.41, 5.74) is 0.844. The molecule has 0 radical (unpaired) electrons. The Bertz CT molecular complexity index is 455. The van der Waals surface area contributed by atoms with Gasteiger partial charge in [-0.1, -0.05) is 12.1 Å². The van der Waals surface area contributed by atoms with Crippen molar-refractivity contribution in [3.05, 3.63) is 29.8 Å². The number of rotatable bonds is 6. The maximum atomic E-state index is 11.9. The van der Waals surface area contributed by atoms with Gasteiger partial charge in [0.15, 0.2) is 0 Å². The van der Waals surface area contributed by atoms with Gasteiger partial charge in [-0.25, -0.2) is 0 Å². The number of ether oxygens (including phenoxy) is 2. The zero-order valence-corrected chi connectivity index (χ0v) is 12.2. The van der Waals surface area contributed by atoms with Gasteiger partial charge in [0.25, 0.3) is 0 Å². The van der Waals surface area contributed by atoms with Crippen LogP contribution in [-0.2, 0) is 9.53 Å². The standard InChI is InChI=1S/C15H22N2O3/c1-11(12-4-6-13(19-3)7-5-12)17-14(18)8-20-15(2)9-16-10-15/h4-7,11,16H,8-10H2,1-3H3,(H,17,18). The Kier molecular flexibility index (Phi) is 4.62. The van der Waals surface area contributed by atoms with Gasteiger partial charge in [0.05, 0.1) is 18.8 Å². The number of hydrogen-bond donors (Lipinski definition) is 2. The SMILES string of the molecule is COc1ccc(C(C)NC(=O)COC2(C)CNC2)cc1. The fraction of sp³-hybridized carbons (Fsp3) is 0.533. The maximum Gasteiger partial charge on any atom is 0.246 e. The van der Waals surface area contributed by atoms with Gasteiger partial charge in [-0.05, 0) is 31.5 Å². The Labute approximate surface area is 119 Å². The van der Waals surface area contributed by atoms with Crippen LogP contribution >= 0.6 is 0 Å². The van der Waals surface area contributed by atoms with E-state index in [1.165, 1.54) is 0 Å². The second-order valence-corrected chi connectivity index (χ2v) is 5.40. The van der Waals surface area contributed by atoms with Gasteiger partial charge >= 0.3 is 0 Å². The van der Waals surface area contributed by atoms with Gasteiger partial charge in [-0.15, -0.1) is 0 Å². The van der Waals surface area contributed by atoms with Crippen LogP contribution in [0.1, 0.15) is 25.5 Å². The lowest BCUT2D eigenvalue weighted by molar-refractivity contribution is -0.136. The van der Waals surface area contributed by atoms with Crippen molar-refractivity contribution in [3.8, 4) is 5.75 Å². The lowest BCUT2D eigenvalue weighted by Crippen LogP contribution is -2.59. The fourth-order valence-electron chi connectivity index (χ4n) is 2.08. The molecule has 1 atom stereocenters. The van der Waals surface area contributed by atoms with Gasteiger partial charge in [0, 0.05) is 13.1 Å². The second-order valence-electron chi connectivity index (χ2n) is 5.40. The van der Waals surface area contributed by atoms with Crippen LogP contribution in [0, 0.1) is 0 Å². The molecule has 0 saturated carbocycles. The van der Waals surface area contributed by atoms with Crippen molar-refractivity contribution in [2.45, 2.75) is 25.5 Å². The number of methoxy groups -OCH3 is 1. The van der Waals surface area contributed by atoms with Crippen LogP contribution in [0.2, 0.25) is 0 Å². The van der Waals surface area contributed by atoms with E-state index in [1.54, 1.807) is 7.11 Å².